The smallest absolute Gasteiger partial charge is 0.252 e. The summed E-state index contributed by atoms with van der Waals surface area (Å²) in [7, 11) is 0. The minimum atomic E-state index is -0.297. The van der Waals surface area contributed by atoms with Crippen LogP contribution in [0.15, 0.2) is 47.3 Å². The van der Waals surface area contributed by atoms with Crippen molar-refractivity contribution in [2.45, 2.75) is 13.3 Å². The molecule has 0 saturated carbocycles. The number of rotatable bonds is 4. The Balaban J connectivity index is 1.70. The molecule has 0 aliphatic carbocycles. The van der Waals surface area contributed by atoms with Gasteiger partial charge in [0.05, 0.1) is 10.6 Å². The molecule has 6 heteroatoms. The third-order valence-corrected chi connectivity index (χ3v) is 4.48. The summed E-state index contributed by atoms with van der Waals surface area (Å²) in [6.45, 7) is 2.31. The molecule has 4 nitrogen and oxygen atoms in total. The van der Waals surface area contributed by atoms with E-state index in [1.54, 1.807) is 12.1 Å². The zero-order valence-corrected chi connectivity index (χ0v) is 15.0. The van der Waals surface area contributed by atoms with Crippen molar-refractivity contribution < 1.29 is 4.79 Å². The van der Waals surface area contributed by atoms with E-state index in [1.165, 1.54) is 6.07 Å². The molecule has 0 radical (unpaired) electrons. The third-order valence-electron chi connectivity index (χ3n) is 3.93. The van der Waals surface area contributed by atoms with E-state index in [2.05, 4.69) is 10.3 Å². The van der Waals surface area contributed by atoms with Crippen molar-refractivity contribution in [2.24, 2.45) is 0 Å². The first kappa shape index (κ1) is 17.5. The Kier molecular flexibility index (Phi) is 5.11. The van der Waals surface area contributed by atoms with Crippen LogP contribution < -0.4 is 10.9 Å². The van der Waals surface area contributed by atoms with Gasteiger partial charge in [0.1, 0.15) is 0 Å². The quantitative estimate of drug-likeness (QED) is 0.721. The summed E-state index contributed by atoms with van der Waals surface area (Å²) in [6, 6.07) is 12.5. The molecule has 0 saturated heterocycles. The maximum atomic E-state index is 12.2. The van der Waals surface area contributed by atoms with Crippen LogP contribution in [0, 0.1) is 6.92 Å². The number of hydrogen-bond donors (Lipinski definition) is 2. The van der Waals surface area contributed by atoms with Crippen LogP contribution in [0.5, 0.6) is 0 Å². The number of fused-ring (bicyclic) bond motifs is 1. The van der Waals surface area contributed by atoms with Crippen molar-refractivity contribution in [3.05, 3.63) is 79.6 Å². The average molecular weight is 375 g/mol. The largest absolute Gasteiger partial charge is 0.352 e. The standard InChI is InChI=1S/C19H16Cl2N2O2/c1-11-2-3-12-9-13(18(24)23-17(12)8-11)6-7-22-19(25)15-5-4-14(20)10-16(15)21/h2-5,8-10H,6-7H2,1H3,(H,22,25)(H,23,24). The van der Waals surface area contributed by atoms with Gasteiger partial charge in [-0.3, -0.25) is 9.59 Å². The van der Waals surface area contributed by atoms with E-state index >= 15 is 0 Å². The number of amides is 1. The monoisotopic (exact) mass is 374 g/mol. The second kappa shape index (κ2) is 7.30. The lowest BCUT2D eigenvalue weighted by Gasteiger charge is -2.08. The van der Waals surface area contributed by atoms with Crippen LogP contribution in [0.4, 0.5) is 0 Å². The van der Waals surface area contributed by atoms with E-state index in [0.717, 1.165) is 16.5 Å². The van der Waals surface area contributed by atoms with Gasteiger partial charge in [0.25, 0.3) is 11.5 Å². The van der Waals surface area contributed by atoms with Gasteiger partial charge in [-0.25, -0.2) is 0 Å². The van der Waals surface area contributed by atoms with Gasteiger partial charge in [0, 0.05) is 22.6 Å². The molecule has 0 bridgehead atoms. The lowest BCUT2D eigenvalue weighted by atomic mass is 10.1. The van der Waals surface area contributed by atoms with Gasteiger partial charge in [-0.1, -0.05) is 35.3 Å². The van der Waals surface area contributed by atoms with Gasteiger partial charge < -0.3 is 10.3 Å². The lowest BCUT2D eigenvalue weighted by molar-refractivity contribution is 0.0954. The molecule has 0 atom stereocenters. The molecule has 128 valence electrons. The van der Waals surface area contributed by atoms with Crippen LogP contribution in [0.1, 0.15) is 21.5 Å². The first-order chi connectivity index (χ1) is 11.9. The van der Waals surface area contributed by atoms with Crippen LogP contribution in [0.3, 0.4) is 0 Å². The molecule has 0 unspecified atom stereocenters. The van der Waals surface area contributed by atoms with E-state index in [1.807, 2.05) is 31.2 Å². The molecule has 0 aliphatic heterocycles. The van der Waals surface area contributed by atoms with Gasteiger partial charge in [0.15, 0.2) is 0 Å². The summed E-state index contributed by atoms with van der Waals surface area (Å²) in [5, 5.41) is 4.50. The molecule has 1 aromatic heterocycles. The van der Waals surface area contributed by atoms with Crippen molar-refractivity contribution in [2.75, 3.05) is 6.54 Å². The fourth-order valence-electron chi connectivity index (χ4n) is 2.63. The molecule has 1 heterocycles. The van der Waals surface area contributed by atoms with Crippen LogP contribution in [0.25, 0.3) is 10.9 Å². The summed E-state index contributed by atoms with van der Waals surface area (Å²) in [5.41, 5.74) is 2.73. The Morgan fingerprint density at radius 3 is 2.68 bits per heavy atom. The Morgan fingerprint density at radius 2 is 1.92 bits per heavy atom. The van der Waals surface area contributed by atoms with Gasteiger partial charge in [0.2, 0.25) is 0 Å². The number of nitrogens with one attached hydrogen (secondary N) is 2. The number of halogens is 2. The molecule has 0 aliphatic rings. The molecule has 2 aromatic carbocycles. The van der Waals surface area contributed by atoms with Crippen LogP contribution >= 0.6 is 23.2 Å². The van der Waals surface area contributed by atoms with Gasteiger partial charge in [-0.05, 0) is 54.6 Å². The molecule has 3 rings (SSSR count). The van der Waals surface area contributed by atoms with Crippen LogP contribution in [0.2, 0.25) is 10.0 Å². The molecule has 0 spiro atoms. The number of benzene rings is 2. The Bertz CT molecular complexity index is 1010. The Hall–Kier alpha value is -2.30. The summed E-state index contributed by atoms with van der Waals surface area (Å²) < 4.78 is 0. The minimum Gasteiger partial charge on any atom is -0.352 e. The number of hydrogen-bond acceptors (Lipinski definition) is 2. The number of carbonyl (C=O) groups excluding carboxylic acids is 1. The first-order valence-electron chi connectivity index (χ1n) is 7.80. The average Bonchev–Trinajstić information content (AvgIpc) is 2.55. The van der Waals surface area contributed by atoms with E-state index in [0.29, 0.717) is 34.1 Å². The molecule has 1 amide bonds. The highest BCUT2D eigenvalue weighted by Crippen LogP contribution is 2.20. The van der Waals surface area contributed by atoms with E-state index in [9.17, 15) is 9.59 Å². The predicted octanol–water partition coefficient (Wildman–Crippen LogP) is 4.12. The topological polar surface area (TPSA) is 62.0 Å². The number of aryl methyl sites for hydroxylation is 1. The summed E-state index contributed by atoms with van der Waals surface area (Å²) in [6.07, 6.45) is 0.427. The maximum Gasteiger partial charge on any atom is 0.252 e. The minimum absolute atomic E-state index is 0.142. The zero-order valence-electron chi connectivity index (χ0n) is 13.5. The van der Waals surface area contributed by atoms with Crippen molar-refractivity contribution in [1.29, 1.82) is 0 Å². The van der Waals surface area contributed by atoms with E-state index < -0.39 is 0 Å². The molecule has 0 fully saturated rings. The van der Waals surface area contributed by atoms with Crippen molar-refractivity contribution in [3.8, 4) is 0 Å². The second-order valence-corrected chi connectivity index (χ2v) is 6.69. The highest BCUT2D eigenvalue weighted by molar-refractivity contribution is 6.36. The molecule has 2 N–H and O–H groups in total. The summed E-state index contributed by atoms with van der Waals surface area (Å²) in [4.78, 5) is 27.2. The highest BCUT2D eigenvalue weighted by Gasteiger charge is 2.11. The Labute approximate surface area is 154 Å². The lowest BCUT2D eigenvalue weighted by Crippen LogP contribution is -2.27. The second-order valence-electron chi connectivity index (χ2n) is 5.84. The number of aromatic amines is 1. The van der Waals surface area contributed by atoms with Crippen LogP contribution in [-0.4, -0.2) is 17.4 Å². The maximum absolute atomic E-state index is 12.2. The molecular formula is C19H16Cl2N2O2. The third kappa shape index (κ3) is 4.03. The van der Waals surface area contributed by atoms with Gasteiger partial charge in [-0.15, -0.1) is 0 Å². The van der Waals surface area contributed by atoms with E-state index in [-0.39, 0.29) is 11.5 Å². The molecule has 25 heavy (non-hydrogen) atoms. The van der Waals surface area contributed by atoms with E-state index in [4.69, 9.17) is 23.2 Å². The summed E-state index contributed by atoms with van der Waals surface area (Å²) in [5.74, 6) is -0.297. The van der Waals surface area contributed by atoms with Gasteiger partial charge in [-0.2, -0.15) is 0 Å². The van der Waals surface area contributed by atoms with Crippen LogP contribution in [-0.2, 0) is 6.42 Å². The van der Waals surface area contributed by atoms with Crippen molar-refractivity contribution in [3.63, 3.8) is 0 Å². The van der Waals surface area contributed by atoms with Gasteiger partial charge >= 0.3 is 0 Å². The number of H-pyrrole nitrogens is 1. The predicted molar refractivity (Wildman–Crippen MR) is 102 cm³/mol. The fourth-order valence-corrected chi connectivity index (χ4v) is 3.12. The Morgan fingerprint density at radius 1 is 1.12 bits per heavy atom. The zero-order chi connectivity index (χ0) is 18.0. The van der Waals surface area contributed by atoms with Crippen molar-refractivity contribution in [1.82, 2.24) is 10.3 Å². The molecular weight excluding hydrogens is 359 g/mol. The first-order valence-corrected chi connectivity index (χ1v) is 8.55. The number of pyridine rings is 1. The number of aromatic nitrogens is 1. The summed E-state index contributed by atoms with van der Waals surface area (Å²) >= 11 is 11.8. The van der Waals surface area contributed by atoms with Crippen molar-refractivity contribution >= 4 is 40.0 Å². The molecule has 3 aromatic rings. The highest BCUT2D eigenvalue weighted by atomic mass is 35.5. The normalized spacial score (nSPS) is 10.8. The number of carbonyl (C=O) groups is 1. The SMILES string of the molecule is Cc1ccc2cc(CCNC(=O)c3ccc(Cl)cc3Cl)c(=O)[nH]c2c1. The fraction of sp³-hybridized carbons (Fsp3) is 0.158.